The Morgan fingerprint density at radius 3 is 2.24 bits per heavy atom. The molecule has 4 nitrogen and oxygen atoms in total. The average molecular weight is 509 g/mol. The van der Waals surface area contributed by atoms with E-state index < -0.39 is 5.41 Å². The van der Waals surface area contributed by atoms with Gasteiger partial charge in [0.05, 0.1) is 5.57 Å². The number of ketones is 2. The Morgan fingerprint density at radius 2 is 1.62 bits per heavy atom. The van der Waals surface area contributed by atoms with Crippen molar-refractivity contribution in [1.29, 1.82) is 5.26 Å². The molecule has 4 aliphatic carbocycles. The maximum absolute atomic E-state index is 13.8. The lowest BCUT2D eigenvalue weighted by Crippen LogP contribution is -2.67. The van der Waals surface area contributed by atoms with Crippen LogP contribution in [0.15, 0.2) is 11.6 Å². The van der Waals surface area contributed by atoms with Crippen LogP contribution in [-0.2, 0) is 9.59 Å². The standard InChI is InChI=1S/C33H52N2O2/c1-10-35-33-17-15-28(2,3)20-23(33)26-24(36)11-13-31(8,32(26,9)16-18-33)14-12-25-29(4,5)19-22(21-34)27(37)30(25,6)7/h19,23,25-26,35H,10-18,20H2,1-9H3/t23?,25-,26?,31+,32-,33+/m1/s1. The number of Topliss-reactive ketones (excluding diaryl/α,β-unsaturated/α-hetero) is 2. The molecule has 4 heteroatoms. The van der Waals surface area contributed by atoms with E-state index >= 15 is 0 Å². The Balaban J connectivity index is 1.67. The van der Waals surface area contributed by atoms with E-state index in [1.165, 1.54) is 12.8 Å². The van der Waals surface area contributed by atoms with Crippen molar-refractivity contribution < 1.29 is 9.59 Å². The lowest BCUT2D eigenvalue weighted by Gasteiger charge is -2.66. The molecular formula is C33H52N2O2. The van der Waals surface area contributed by atoms with Crippen molar-refractivity contribution in [3.63, 3.8) is 0 Å². The minimum Gasteiger partial charge on any atom is -0.311 e. The molecule has 6 atom stereocenters. The summed E-state index contributed by atoms with van der Waals surface area (Å²) in [6, 6.07) is 2.16. The van der Waals surface area contributed by atoms with Crippen molar-refractivity contribution in [3.05, 3.63) is 11.6 Å². The first-order valence-electron chi connectivity index (χ1n) is 14.9. The van der Waals surface area contributed by atoms with Crippen molar-refractivity contribution in [2.24, 2.45) is 44.8 Å². The zero-order valence-corrected chi connectivity index (χ0v) is 25.1. The number of allylic oxidation sites excluding steroid dienone is 2. The van der Waals surface area contributed by atoms with Crippen molar-refractivity contribution in [2.75, 3.05) is 6.54 Å². The zero-order valence-electron chi connectivity index (χ0n) is 25.1. The van der Waals surface area contributed by atoms with Crippen LogP contribution in [0, 0.1) is 56.2 Å². The summed E-state index contributed by atoms with van der Waals surface area (Å²) in [6.45, 7) is 21.3. The second-order valence-corrected chi connectivity index (χ2v) is 15.7. The van der Waals surface area contributed by atoms with Crippen LogP contribution in [0.25, 0.3) is 0 Å². The number of nitriles is 1. The third-order valence-corrected chi connectivity index (χ3v) is 12.3. The summed E-state index contributed by atoms with van der Waals surface area (Å²) >= 11 is 0. The van der Waals surface area contributed by atoms with Gasteiger partial charge in [-0.25, -0.2) is 0 Å². The predicted octanol–water partition coefficient (Wildman–Crippen LogP) is 7.43. The predicted molar refractivity (Wildman–Crippen MR) is 150 cm³/mol. The molecule has 2 unspecified atom stereocenters. The quantitative estimate of drug-likeness (QED) is 0.419. The maximum Gasteiger partial charge on any atom is 0.178 e. The number of carbonyl (C=O) groups is 2. The molecule has 0 bridgehead atoms. The van der Waals surface area contributed by atoms with Crippen molar-refractivity contribution >= 4 is 11.6 Å². The van der Waals surface area contributed by atoms with E-state index in [-0.39, 0.29) is 44.8 Å². The monoisotopic (exact) mass is 508 g/mol. The molecule has 206 valence electrons. The van der Waals surface area contributed by atoms with E-state index in [2.05, 4.69) is 59.9 Å². The van der Waals surface area contributed by atoms with Gasteiger partial charge in [0.15, 0.2) is 5.78 Å². The smallest absolute Gasteiger partial charge is 0.178 e. The largest absolute Gasteiger partial charge is 0.311 e. The molecule has 0 amide bonds. The van der Waals surface area contributed by atoms with E-state index in [4.69, 9.17) is 0 Å². The van der Waals surface area contributed by atoms with Gasteiger partial charge in [0.1, 0.15) is 11.9 Å². The second-order valence-electron chi connectivity index (χ2n) is 15.7. The highest BCUT2D eigenvalue weighted by Crippen LogP contribution is 2.67. The molecule has 0 aliphatic heterocycles. The first-order valence-corrected chi connectivity index (χ1v) is 14.9. The molecule has 0 aromatic rings. The van der Waals surface area contributed by atoms with E-state index in [0.29, 0.717) is 23.7 Å². The Kier molecular flexibility index (Phi) is 6.97. The molecule has 3 saturated carbocycles. The SMILES string of the molecule is CCN[C@]12CCC(C)(C)CC1C1C(=O)CC[C@@](C)(CC[C@@H]3C(C)(C)C=C(C#N)C(=O)C3(C)C)[C@]1(C)CC2. The Bertz CT molecular complexity index is 1030. The van der Waals surface area contributed by atoms with Gasteiger partial charge >= 0.3 is 0 Å². The van der Waals surface area contributed by atoms with E-state index in [0.717, 1.165) is 45.1 Å². The van der Waals surface area contributed by atoms with Crippen molar-refractivity contribution in [2.45, 2.75) is 126 Å². The topological polar surface area (TPSA) is 70.0 Å². The van der Waals surface area contributed by atoms with Crippen molar-refractivity contribution in [3.8, 4) is 6.07 Å². The molecule has 37 heavy (non-hydrogen) atoms. The number of hydrogen-bond acceptors (Lipinski definition) is 4. The van der Waals surface area contributed by atoms with Gasteiger partial charge < -0.3 is 5.32 Å². The zero-order chi connectivity index (χ0) is 27.7. The lowest BCUT2D eigenvalue weighted by molar-refractivity contribution is -0.171. The fraction of sp³-hybridized carbons (Fsp3) is 0.848. The van der Waals surface area contributed by atoms with E-state index in [9.17, 15) is 14.9 Å². The summed E-state index contributed by atoms with van der Waals surface area (Å²) in [5.74, 6) is 1.16. The highest BCUT2D eigenvalue weighted by molar-refractivity contribution is 6.04. The molecule has 0 heterocycles. The van der Waals surface area contributed by atoms with Crippen LogP contribution in [-0.4, -0.2) is 23.7 Å². The molecule has 0 aromatic carbocycles. The molecule has 1 N–H and O–H groups in total. The van der Waals surface area contributed by atoms with Gasteiger partial charge in [-0.3, -0.25) is 9.59 Å². The van der Waals surface area contributed by atoms with Gasteiger partial charge in [-0.15, -0.1) is 0 Å². The van der Waals surface area contributed by atoms with Gasteiger partial charge in [-0.2, -0.15) is 5.26 Å². The summed E-state index contributed by atoms with van der Waals surface area (Å²) < 4.78 is 0. The summed E-state index contributed by atoms with van der Waals surface area (Å²) in [4.78, 5) is 27.1. The lowest BCUT2D eigenvalue weighted by atomic mass is 9.40. The maximum atomic E-state index is 13.8. The molecule has 3 fully saturated rings. The molecule has 0 spiro atoms. The fourth-order valence-electron chi connectivity index (χ4n) is 9.89. The number of fused-ring (bicyclic) bond motifs is 3. The molecular weight excluding hydrogens is 456 g/mol. The van der Waals surface area contributed by atoms with Gasteiger partial charge in [-0.1, -0.05) is 68.4 Å². The first-order chi connectivity index (χ1) is 17.0. The summed E-state index contributed by atoms with van der Waals surface area (Å²) in [6.07, 6.45) is 11.3. The Morgan fingerprint density at radius 1 is 0.973 bits per heavy atom. The van der Waals surface area contributed by atoms with Crippen LogP contribution in [0.5, 0.6) is 0 Å². The minimum atomic E-state index is -0.565. The van der Waals surface area contributed by atoms with Crippen LogP contribution in [0.1, 0.15) is 120 Å². The number of carbonyl (C=O) groups excluding carboxylic acids is 2. The number of hydrogen-bond donors (Lipinski definition) is 1. The van der Waals surface area contributed by atoms with E-state index in [1.807, 2.05) is 19.9 Å². The van der Waals surface area contributed by atoms with Gasteiger partial charge in [0.25, 0.3) is 0 Å². The highest BCUT2D eigenvalue weighted by Gasteiger charge is 2.65. The normalized spacial score (nSPS) is 42.3. The van der Waals surface area contributed by atoms with Gasteiger partial charge in [0.2, 0.25) is 0 Å². The summed E-state index contributed by atoms with van der Waals surface area (Å²) in [5, 5.41) is 13.5. The van der Waals surface area contributed by atoms with Gasteiger partial charge in [-0.05, 0) is 91.4 Å². The molecule has 0 aromatic heterocycles. The Hall–Kier alpha value is -1.47. The summed E-state index contributed by atoms with van der Waals surface area (Å²) in [5.41, 5.74) is -0.0636. The van der Waals surface area contributed by atoms with Crippen LogP contribution in [0.4, 0.5) is 0 Å². The third kappa shape index (κ3) is 4.36. The second kappa shape index (κ2) is 9.04. The molecule has 0 radical (unpaired) electrons. The fourth-order valence-corrected chi connectivity index (χ4v) is 9.89. The molecule has 0 saturated heterocycles. The Labute approximate surface area is 226 Å². The van der Waals surface area contributed by atoms with Crippen LogP contribution in [0.3, 0.4) is 0 Å². The highest BCUT2D eigenvalue weighted by atomic mass is 16.1. The molecule has 4 rings (SSSR count). The van der Waals surface area contributed by atoms with E-state index in [1.54, 1.807) is 0 Å². The van der Waals surface area contributed by atoms with Crippen LogP contribution < -0.4 is 5.32 Å². The average Bonchev–Trinajstić information content (AvgIpc) is 2.79. The number of nitrogens with zero attached hydrogens (tertiary/aromatic N) is 1. The summed E-state index contributed by atoms with van der Waals surface area (Å²) in [7, 11) is 0. The first kappa shape index (κ1) is 28.5. The van der Waals surface area contributed by atoms with Crippen LogP contribution >= 0.6 is 0 Å². The third-order valence-electron chi connectivity index (χ3n) is 12.3. The minimum absolute atomic E-state index is 0.00934. The van der Waals surface area contributed by atoms with Crippen LogP contribution in [0.2, 0.25) is 0 Å². The van der Waals surface area contributed by atoms with Crippen molar-refractivity contribution in [1.82, 2.24) is 5.32 Å². The number of rotatable bonds is 5. The number of nitrogens with one attached hydrogen (secondary N) is 1. The van der Waals surface area contributed by atoms with Gasteiger partial charge in [0, 0.05) is 23.3 Å². The molecule has 4 aliphatic rings.